The van der Waals surface area contributed by atoms with Crippen molar-refractivity contribution in [2.24, 2.45) is 0 Å². The lowest BCUT2D eigenvalue weighted by molar-refractivity contribution is 0.0930. The number of benzene rings is 3. The molecule has 1 N–H and O–H groups in total. The maximum absolute atomic E-state index is 13.4. The normalized spacial score (nSPS) is 11.8. The highest BCUT2D eigenvalue weighted by molar-refractivity contribution is 5.92. The van der Waals surface area contributed by atoms with Crippen LogP contribution in [0.5, 0.6) is 0 Å². The molecule has 4 aromatic rings. The Morgan fingerprint density at radius 2 is 1.60 bits per heavy atom. The van der Waals surface area contributed by atoms with E-state index >= 15 is 0 Å². The number of nitrogens with zero attached hydrogens (tertiary/aromatic N) is 3. The molecule has 1 unspecified atom stereocenters. The Hall–Kier alpha value is -4.33. The fourth-order valence-electron chi connectivity index (χ4n) is 3.90. The third-order valence-corrected chi connectivity index (χ3v) is 5.63. The summed E-state index contributed by atoms with van der Waals surface area (Å²) in [5.74, 6) is -1.13. The molecule has 0 aliphatic carbocycles. The Labute approximate surface area is 201 Å². The van der Waals surface area contributed by atoms with Crippen LogP contribution in [0.1, 0.15) is 45.7 Å². The second kappa shape index (κ2) is 9.89. The van der Waals surface area contributed by atoms with Gasteiger partial charge in [0, 0.05) is 0 Å². The smallest absolute Gasteiger partial charge is 0.344 e. The van der Waals surface area contributed by atoms with Gasteiger partial charge in [0.05, 0.1) is 18.3 Å². The molecule has 8 heteroatoms. The van der Waals surface area contributed by atoms with Crippen molar-refractivity contribution in [2.75, 3.05) is 0 Å². The second-order valence-electron chi connectivity index (χ2n) is 8.51. The highest BCUT2D eigenvalue weighted by atomic mass is 19.1. The molecule has 178 valence electrons. The topological polar surface area (TPSA) is 86.0 Å². The molecule has 1 aromatic heterocycles. The number of hydrogen-bond acceptors (Lipinski definition) is 4. The van der Waals surface area contributed by atoms with Crippen LogP contribution < -0.4 is 16.6 Å². The molecule has 0 spiro atoms. The van der Waals surface area contributed by atoms with Crippen molar-refractivity contribution in [3.63, 3.8) is 0 Å². The average Bonchev–Trinajstić information content (AvgIpc) is 2.83. The SMILES string of the molecule is Cc1cc(C)cc(-n2nc(C(=O)NC(C)c3ccccc3)c(=O)n(Cc3ccc(F)cc3)c2=O)c1. The summed E-state index contributed by atoms with van der Waals surface area (Å²) in [5, 5.41) is 6.98. The number of rotatable bonds is 6. The first-order chi connectivity index (χ1) is 16.7. The Morgan fingerprint density at radius 1 is 0.971 bits per heavy atom. The number of carbonyl (C=O) groups excluding carboxylic acids is 1. The molecule has 0 fully saturated rings. The summed E-state index contributed by atoms with van der Waals surface area (Å²) < 4.78 is 15.4. The molecule has 0 bridgehead atoms. The van der Waals surface area contributed by atoms with Gasteiger partial charge in [-0.3, -0.25) is 14.2 Å². The summed E-state index contributed by atoms with van der Waals surface area (Å²) in [6.07, 6.45) is 0. The Morgan fingerprint density at radius 3 is 2.23 bits per heavy atom. The number of amides is 1. The monoisotopic (exact) mass is 472 g/mol. The van der Waals surface area contributed by atoms with Crippen LogP contribution in [0.2, 0.25) is 0 Å². The van der Waals surface area contributed by atoms with Crippen LogP contribution in [0, 0.1) is 19.7 Å². The second-order valence-corrected chi connectivity index (χ2v) is 8.51. The van der Waals surface area contributed by atoms with E-state index in [4.69, 9.17) is 0 Å². The van der Waals surface area contributed by atoms with Crippen molar-refractivity contribution in [2.45, 2.75) is 33.4 Å². The van der Waals surface area contributed by atoms with Gasteiger partial charge in [-0.2, -0.15) is 9.78 Å². The molecule has 0 radical (unpaired) electrons. The van der Waals surface area contributed by atoms with Gasteiger partial charge in [0.25, 0.3) is 11.5 Å². The van der Waals surface area contributed by atoms with Crippen LogP contribution in [-0.2, 0) is 6.54 Å². The van der Waals surface area contributed by atoms with E-state index in [2.05, 4.69) is 10.4 Å². The Balaban J connectivity index is 1.83. The van der Waals surface area contributed by atoms with Crippen molar-refractivity contribution >= 4 is 5.91 Å². The largest absolute Gasteiger partial charge is 0.352 e. The van der Waals surface area contributed by atoms with E-state index in [1.165, 1.54) is 24.3 Å². The third kappa shape index (κ3) is 5.27. The minimum absolute atomic E-state index is 0.139. The van der Waals surface area contributed by atoms with Crippen LogP contribution in [0.25, 0.3) is 5.69 Å². The van der Waals surface area contributed by atoms with Crippen molar-refractivity contribution in [3.05, 3.63) is 127 Å². The quantitative estimate of drug-likeness (QED) is 0.464. The fourth-order valence-corrected chi connectivity index (χ4v) is 3.90. The van der Waals surface area contributed by atoms with E-state index in [0.717, 1.165) is 25.9 Å². The van der Waals surface area contributed by atoms with Crippen molar-refractivity contribution in [1.82, 2.24) is 19.7 Å². The van der Waals surface area contributed by atoms with E-state index in [9.17, 15) is 18.8 Å². The third-order valence-electron chi connectivity index (χ3n) is 5.63. The number of halogens is 1. The zero-order valence-electron chi connectivity index (χ0n) is 19.7. The minimum Gasteiger partial charge on any atom is -0.344 e. The van der Waals surface area contributed by atoms with Crippen LogP contribution >= 0.6 is 0 Å². The summed E-state index contributed by atoms with van der Waals surface area (Å²) in [5.41, 5.74) is 1.69. The summed E-state index contributed by atoms with van der Waals surface area (Å²) in [7, 11) is 0. The molecular formula is C27H25FN4O3. The summed E-state index contributed by atoms with van der Waals surface area (Å²) in [6, 6.07) is 19.8. The van der Waals surface area contributed by atoms with Crippen LogP contribution in [-0.4, -0.2) is 20.3 Å². The number of hydrogen-bond donors (Lipinski definition) is 1. The zero-order chi connectivity index (χ0) is 25.1. The van der Waals surface area contributed by atoms with Gasteiger partial charge in [0.15, 0.2) is 0 Å². The van der Waals surface area contributed by atoms with E-state index < -0.39 is 34.7 Å². The van der Waals surface area contributed by atoms with Gasteiger partial charge in [0.2, 0.25) is 5.69 Å². The first-order valence-corrected chi connectivity index (χ1v) is 11.2. The number of aromatic nitrogens is 3. The van der Waals surface area contributed by atoms with Crippen molar-refractivity contribution in [1.29, 1.82) is 0 Å². The van der Waals surface area contributed by atoms with Gasteiger partial charge in [-0.05, 0) is 67.3 Å². The molecule has 0 saturated heterocycles. The van der Waals surface area contributed by atoms with Crippen molar-refractivity contribution < 1.29 is 9.18 Å². The van der Waals surface area contributed by atoms with Crippen LogP contribution in [0.15, 0.2) is 82.4 Å². The van der Waals surface area contributed by atoms with Crippen molar-refractivity contribution in [3.8, 4) is 5.69 Å². The van der Waals surface area contributed by atoms with Crippen LogP contribution in [0.3, 0.4) is 0 Å². The predicted octanol–water partition coefficient (Wildman–Crippen LogP) is 3.69. The average molecular weight is 473 g/mol. The van der Waals surface area contributed by atoms with E-state index in [1.54, 1.807) is 19.1 Å². The van der Waals surface area contributed by atoms with E-state index in [0.29, 0.717) is 11.3 Å². The molecule has 0 saturated carbocycles. The Kier molecular flexibility index (Phi) is 6.73. The molecule has 1 atom stereocenters. The zero-order valence-corrected chi connectivity index (χ0v) is 19.7. The fraction of sp³-hybridized carbons (Fsp3) is 0.185. The number of nitrogens with one attached hydrogen (secondary N) is 1. The number of aryl methyl sites for hydroxylation is 2. The molecule has 7 nitrogen and oxygen atoms in total. The molecule has 4 rings (SSSR count). The molecule has 0 aliphatic rings. The highest BCUT2D eigenvalue weighted by Crippen LogP contribution is 2.13. The predicted molar refractivity (Wildman–Crippen MR) is 131 cm³/mol. The summed E-state index contributed by atoms with van der Waals surface area (Å²) in [6.45, 7) is 5.42. The minimum atomic E-state index is -0.822. The van der Waals surface area contributed by atoms with E-state index in [-0.39, 0.29) is 6.54 Å². The summed E-state index contributed by atoms with van der Waals surface area (Å²) >= 11 is 0. The lowest BCUT2D eigenvalue weighted by Gasteiger charge is -2.16. The molecule has 35 heavy (non-hydrogen) atoms. The van der Waals surface area contributed by atoms with E-state index in [1.807, 2.05) is 50.2 Å². The van der Waals surface area contributed by atoms with Gasteiger partial charge < -0.3 is 5.32 Å². The Bertz CT molecular complexity index is 1470. The molecular weight excluding hydrogens is 447 g/mol. The molecule has 0 aliphatic heterocycles. The van der Waals surface area contributed by atoms with Gasteiger partial charge in [-0.25, -0.2) is 9.18 Å². The summed E-state index contributed by atoms with van der Waals surface area (Å²) in [4.78, 5) is 39.8. The molecule has 1 heterocycles. The van der Waals surface area contributed by atoms with Gasteiger partial charge in [-0.15, -0.1) is 0 Å². The highest BCUT2D eigenvalue weighted by Gasteiger charge is 2.22. The molecule has 3 aromatic carbocycles. The first kappa shape index (κ1) is 23.8. The maximum atomic E-state index is 13.4. The van der Waals surface area contributed by atoms with Gasteiger partial charge >= 0.3 is 5.69 Å². The molecule has 1 amide bonds. The van der Waals surface area contributed by atoms with Gasteiger partial charge in [-0.1, -0.05) is 48.5 Å². The first-order valence-electron chi connectivity index (χ1n) is 11.2. The maximum Gasteiger partial charge on any atom is 0.352 e. The van der Waals surface area contributed by atoms with Crippen LogP contribution in [0.4, 0.5) is 4.39 Å². The standard InChI is InChI=1S/C27H25FN4O3/c1-17-13-18(2)15-23(14-17)32-27(35)31(16-20-9-11-22(28)12-10-20)26(34)24(30-32)25(33)29-19(3)21-7-5-4-6-8-21/h4-15,19H,16H2,1-3H3,(H,29,33). The lowest BCUT2D eigenvalue weighted by Crippen LogP contribution is -2.46. The number of carbonyl (C=O) groups is 1. The lowest BCUT2D eigenvalue weighted by atomic mass is 10.1. The van der Waals surface area contributed by atoms with Gasteiger partial charge in [0.1, 0.15) is 5.82 Å².